The van der Waals surface area contributed by atoms with Gasteiger partial charge in [-0.05, 0) is 37.0 Å². The van der Waals surface area contributed by atoms with Gasteiger partial charge in [-0.25, -0.2) is 0 Å². The van der Waals surface area contributed by atoms with E-state index in [2.05, 4.69) is 0 Å². The molecule has 0 heterocycles. The van der Waals surface area contributed by atoms with E-state index >= 15 is 0 Å². The molecule has 2 nitrogen and oxygen atoms in total. The normalized spacial score (nSPS) is 14.1. The summed E-state index contributed by atoms with van der Waals surface area (Å²) in [5, 5.41) is 0. The van der Waals surface area contributed by atoms with Crippen LogP contribution in [0.2, 0.25) is 0 Å². The third-order valence-corrected chi connectivity index (χ3v) is 5.16. The summed E-state index contributed by atoms with van der Waals surface area (Å²) in [7, 11) is 0. The number of ketones is 1. The van der Waals surface area contributed by atoms with E-state index in [-0.39, 0.29) is 11.2 Å². The van der Waals surface area contributed by atoms with Gasteiger partial charge in [-0.1, -0.05) is 0 Å². The number of Topliss-reactive ketones (excluding diaryl/α,β-unsaturated/α-hetero) is 1. The minimum absolute atomic E-state index is 0.0350. The third kappa shape index (κ3) is 2.27. The maximum absolute atomic E-state index is 12.3. The van der Waals surface area contributed by atoms with E-state index in [1.54, 1.807) is 12.1 Å². The van der Waals surface area contributed by atoms with Crippen LogP contribution in [0.15, 0.2) is 32.8 Å². The lowest BCUT2D eigenvalue weighted by molar-refractivity contribution is 0.104. The molecule has 0 saturated heterocycles. The van der Waals surface area contributed by atoms with Crippen LogP contribution >= 0.6 is 35.3 Å². The fraction of sp³-hybridized carbons (Fsp3) is 0.231. The highest BCUT2D eigenvalue weighted by Gasteiger charge is 2.28. The van der Waals surface area contributed by atoms with Gasteiger partial charge in [0.25, 0.3) is 0 Å². The van der Waals surface area contributed by atoms with E-state index < -0.39 is 0 Å². The Morgan fingerprint density at radius 1 is 0.778 bits per heavy atom. The quantitative estimate of drug-likeness (QED) is 0.799. The van der Waals surface area contributed by atoms with Crippen molar-refractivity contribution >= 4 is 46.0 Å². The second-order valence-corrected chi connectivity index (χ2v) is 6.18. The molecular weight excluding hydrogens is 284 g/mol. The molecule has 94 valence electrons. The average Bonchev–Trinajstić information content (AvgIpc) is 2.50. The Kier molecular flexibility index (Phi) is 4.25. The topological polar surface area (TPSA) is 34.1 Å². The summed E-state index contributed by atoms with van der Waals surface area (Å²) in [6.07, 6.45) is 5.73. The largest absolute Gasteiger partial charge is 0.290 e. The highest BCUT2D eigenvalue weighted by atomic mass is 32.2. The number of thioether (sulfide) groups is 3. The molecule has 0 fully saturated rings. The van der Waals surface area contributed by atoms with Crippen molar-refractivity contribution in [2.45, 2.75) is 4.90 Å². The number of carbonyl (C=O) groups is 1. The molecule has 0 bridgehead atoms. The van der Waals surface area contributed by atoms with Gasteiger partial charge in [0, 0.05) is 20.9 Å². The Balaban J connectivity index is 2.77. The van der Waals surface area contributed by atoms with Gasteiger partial charge in [-0.15, -0.1) is 35.3 Å². The molecule has 0 aromatic heterocycles. The zero-order chi connectivity index (χ0) is 13.3. The summed E-state index contributed by atoms with van der Waals surface area (Å²) in [6.45, 7) is 0. The number of hydrogen-bond donors (Lipinski definition) is 0. The number of carbonyl (C=O) groups excluding carboxylic acids is 1. The summed E-state index contributed by atoms with van der Waals surface area (Å²) in [6, 6.07) is 4.97. The summed E-state index contributed by atoms with van der Waals surface area (Å²) in [5.41, 5.74) is 1.37. The Hall–Kier alpha value is -0.650. The van der Waals surface area contributed by atoms with Crippen LogP contribution < -0.4 is 5.43 Å². The van der Waals surface area contributed by atoms with Crippen LogP contribution in [-0.4, -0.2) is 24.6 Å². The maximum Gasteiger partial charge on any atom is 0.201 e. The van der Waals surface area contributed by atoms with Crippen LogP contribution in [0.4, 0.5) is 0 Å². The number of rotatable bonds is 3. The predicted octanol–water partition coefficient (Wildman–Crippen LogP) is 3.36. The Morgan fingerprint density at radius 3 is 2.00 bits per heavy atom. The van der Waals surface area contributed by atoms with E-state index in [0.29, 0.717) is 5.56 Å². The van der Waals surface area contributed by atoms with E-state index in [9.17, 15) is 9.59 Å². The fourth-order valence-electron chi connectivity index (χ4n) is 1.89. The number of fused-ring (bicyclic) bond motifs is 1. The molecule has 0 N–H and O–H groups in total. The first-order valence-corrected chi connectivity index (χ1v) is 8.90. The molecule has 1 aromatic rings. The second kappa shape index (κ2) is 5.55. The lowest BCUT2D eigenvalue weighted by atomic mass is 10.2. The zero-order valence-electron chi connectivity index (χ0n) is 10.3. The smallest absolute Gasteiger partial charge is 0.201 e. The molecular formula is C13H12O2S3. The van der Waals surface area contributed by atoms with Crippen molar-refractivity contribution in [1.82, 2.24) is 0 Å². The molecule has 2 rings (SSSR count). The molecule has 0 atom stereocenters. The number of hydrogen-bond acceptors (Lipinski definition) is 5. The molecule has 0 aliphatic heterocycles. The van der Waals surface area contributed by atoms with Gasteiger partial charge in [-0.2, -0.15) is 0 Å². The molecule has 18 heavy (non-hydrogen) atoms. The maximum atomic E-state index is 12.3. The highest BCUT2D eigenvalue weighted by Crippen LogP contribution is 2.42. The highest BCUT2D eigenvalue weighted by molar-refractivity contribution is 8.10. The van der Waals surface area contributed by atoms with Gasteiger partial charge in [0.2, 0.25) is 5.78 Å². The van der Waals surface area contributed by atoms with E-state index in [4.69, 9.17) is 0 Å². The van der Waals surface area contributed by atoms with Gasteiger partial charge < -0.3 is 0 Å². The first-order chi connectivity index (χ1) is 8.62. The Labute approximate surface area is 119 Å². The molecule has 0 saturated carbocycles. The molecule has 0 unspecified atom stereocenters. The summed E-state index contributed by atoms with van der Waals surface area (Å²) >= 11 is 4.45. The summed E-state index contributed by atoms with van der Waals surface area (Å²) in [4.78, 5) is 26.6. The standard InChI is InChI=1S/C13H12O2S3/c1-16-8-4-7(14)5-10-9(6-8)11(15)13(18-3)12(10)17-2/h4-6H,1-3H3. The minimum Gasteiger partial charge on any atom is -0.290 e. The summed E-state index contributed by atoms with van der Waals surface area (Å²) < 4.78 is 0. The first-order valence-electron chi connectivity index (χ1n) is 5.23. The molecule has 0 spiro atoms. The van der Waals surface area contributed by atoms with Crippen LogP contribution in [0.5, 0.6) is 0 Å². The monoisotopic (exact) mass is 296 g/mol. The van der Waals surface area contributed by atoms with Crippen molar-refractivity contribution in [3.8, 4) is 0 Å². The SMILES string of the molecule is CSC1=C(SC)c2cc(=O)cc(SC)cc2C1=O. The molecule has 5 heteroatoms. The van der Waals surface area contributed by atoms with Gasteiger partial charge in [-0.3, -0.25) is 9.59 Å². The average molecular weight is 296 g/mol. The van der Waals surface area contributed by atoms with Crippen molar-refractivity contribution in [3.05, 3.63) is 44.5 Å². The molecule has 1 aromatic carbocycles. The lowest BCUT2D eigenvalue weighted by Gasteiger charge is -1.99. The van der Waals surface area contributed by atoms with Crippen molar-refractivity contribution in [3.63, 3.8) is 0 Å². The molecule has 0 amide bonds. The van der Waals surface area contributed by atoms with Crippen LogP contribution in [0.3, 0.4) is 0 Å². The molecule has 0 radical (unpaired) electrons. The Morgan fingerprint density at radius 2 is 1.44 bits per heavy atom. The van der Waals surface area contributed by atoms with Crippen molar-refractivity contribution in [2.75, 3.05) is 18.8 Å². The van der Waals surface area contributed by atoms with E-state index in [1.165, 1.54) is 35.3 Å². The molecule has 1 aliphatic carbocycles. The predicted molar refractivity (Wildman–Crippen MR) is 82.8 cm³/mol. The van der Waals surface area contributed by atoms with Crippen LogP contribution in [0.1, 0.15) is 15.9 Å². The van der Waals surface area contributed by atoms with Gasteiger partial charge in [0.15, 0.2) is 5.43 Å². The third-order valence-electron chi connectivity index (χ3n) is 2.69. The van der Waals surface area contributed by atoms with Crippen LogP contribution in [-0.2, 0) is 0 Å². The van der Waals surface area contributed by atoms with Gasteiger partial charge in [0.1, 0.15) is 0 Å². The Bertz CT molecular complexity index is 606. The van der Waals surface area contributed by atoms with Crippen molar-refractivity contribution < 1.29 is 4.79 Å². The van der Waals surface area contributed by atoms with Crippen molar-refractivity contribution in [1.29, 1.82) is 0 Å². The summed E-state index contributed by atoms with van der Waals surface area (Å²) in [5.74, 6) is 0.0350. The number of allylic oxidation sites excluding steroid dienone is 1. The molecule has 1 aliphatic rings. The van der Waals surface area contributed by atoms with Gasteiger partial charge >= 0.3 is 0 Å². The van der Waals surface area contributed by atoms with E-state index in [0.717, 1.165) is 20.3 Å². The zero-order valence-corrected chi connectivity index (χ0v) is 12.7. The van der Waals surface area contributed by atoms with Crippen molar-refractivity contribution in [2.24, 2.45) is 0 Å². The second-order valence-electron chi connectivity index (χ2n) is 3.66. The van der Waals surface area contributed by atoms with Crippen LogP contribution in [0, 0.1) is 0 Å². The van der Waals surface area contributed by atoms with Gasteiger partial charge in [0.05, 0.1) is 4.91 Å². The first kappa shape index (κ1) is 13.8. The fourth-order valence-corrected chi connectivity index (χ4v) is 4.12. The van der Waals surface area contributed by atoms with E-state index in [1.807, 2.05) is 24.8 Å². The lowest BCUT2D eigenvalue weighted by Crippen LogP contribution is -1.94. The minimum atomic E-state index is -0.0534. The van der Waals surface area contributed by atoms with Crippen LogP contribution in [0.25, 0.3) is 4.91 Å².